The van der Waals surface area contributed by atoms with E-state index in [2.05, 4.69) is 21.2 Å². The van der Waals surface area contributed by atoms with Crippen LogP contribution in [0.5, 0.6) is 0 Å². The lowest BCUT2D eigenvalue weighted by molar-refractivity contribution is 0.100. The molecule has 1 aliphatic carbocycles. The molecule has 0 aromatic carbocycles. The van der Waals surface area contributed by atoms with Crippen molar-refractivity contribution in [1.82, 2.24) is 4.57 Å². The van der Waals surface area contributed by atoms with Gasteiger partial charge in [-0.1, -0.05) is 0 Å². The first-order valence-electron chi connectivity index (χ1n) is 6.12. The normalized spacial score (nSPS) is 14.2. The fraction of sp³-hybridized carbons (Fsp3) is 0.231. The van der Waals surface area contributed by atoms with Crippen molar-refractivity contribution in [3.8, 4) is 0 Å². The lowest BCUT2D eigenvalue weighted by atomic mass is 10.3. The number of aromatic nitrogens is 1. The topological polar surface area (TPSA) is 77.1 Å². The van der Waals surface area contributed by atoms with E-state index in [0.717, 1.165) is 17.3 Å². The summed E-state index contributed by atoms with van der Waals surface area (Å²) < 4.78 is 2.84. The molecule has 7 heteroatoms. The van der Waals surface area contributed by atoms with Gasteiger partial charge in [0, 0.05) is 16.7 Å². The van der Waals surface area contributed by atoms with E-state index in [9.17, 15) is 9.59 Å². The van der Waals surface area contributed by atoms with E-state index in [1.165, 1.54) is 11.3 Å². The third-order valence-electron chi connectivity index (χ3n) is 3.15. The van der Waals surface area contributed by atoms with E-state index in [0.29, 0.717) is 22.3 Å². The molecule has 0 bridgehead atoms. The zero-order valence-corrected chi connectivity index (χ0v) is 12.8. The van der Waals surface area contributed by atoms with Gasteiger partial charge in [-0.2, -0.15) is 0 Å². The van der Waals surface area contributed by atoms with Crippen molar-refractivity contribution in [2.24, 2.45) is 5.73 Å². The second kappa shape index (κ2) is 5.06. The summed E-state index contributed by atoms with van der Waals surface area (Å²) >= 11 is 4.67. The first kappa shape index (κ1) is 13.4. The molecule has 3 N–H and O–H groups in total. The van der Waals surface area contributed by atoms with Gasteiger partial charge in [0.1, 0.15) is 10.7 Å². The second-order valence-corrected chi connectivity index (χ2v) is 6.50. The van der Waals surface area contributed by atoms with Gasteiger partial charge in [-0.3, -0.25) is 9.59 Å². The van der Waals surface area contributed by atoms with Gasteiger partial charge >= 0.3 is 0 Å². The highest BCUT2D eigenvalue weighted by molar-refractivity contribution is 9.10. The molecular weight excluding hydrogens is 342 g/mol. The van der Waals surface area contributed by atoms with Crippen LogP contribution in [0.2, 0.25) is 0 Å². The van der Waals surface area contributed by atoms with Crippen molar-refractivity contribution in [3.63, 3.8) is 0 Å². The molecule has 0 radical (unpaired) electrons. The Morgan fingerprint density at radius 2 is 2.20 bits per heavy atom. The first-order valence-corrected chi connectivity index (χ1v) is 7.79. The van der Waals surface area contributed by atoms with E-state index >= 15 is 0 Å². The van der Waals surface area contributed by atoms with Gasteiger partial charge in [0.05, 0.1) is 5.56 Å². The number of thiophene rings is 1. The number of nitrogens with one attached hydrogen (secondary N) is 1. The Balaban J connectivity index is 1.86. The molecular formula is C13H12BrN3O2S. The highest BCUT2D eigenvalue weighted by Crippen LogP contribution is 2.37. The maximum absolute atomic E-state index is 12.4. The zero-order chi connectivity index (χ0) is 14.3. The third kappa shape index (κ3) is 2.51. The van der Waals surface area contributed by atoms with Crippen LogP contribution in [-0.2, 0) is 0 Å². The van der Waals surface area contributed by atoms with Crippen molar-refractivity contribution in [2.45, 2.75) is 18.9 Å². The number of hydrogen-bond donors (Lipinski definition) is 2. The van der Waals surface area contributed by atoms with Crippen molar-refractivity contribution in [1.29, 1.82) is 0 Å². The highest BCUT2D eigenvalue weighted by atomic mass is 79.9. The van der Waals surface area contributed by atoms with E-state index < -0.39 is 5.91 Å². The van der Waals surface area contributed by atoms with Crippen molar-refractivity contribution in [3.05, 3.63) is 39.4 Å². The van der Waals surface area contributed by atoms with Gasteiger partial charge < -0.3 is 15.6 Å². The molecule has 2 aromatic rings. The van der Waals surface area contributed by atoms with Crippen LogP contribution in [0.25, 0.3) is 0 Å². The number of nitrogens with two attached hydrogens (primary N) is 1. The summed E-state index contributed by atoms with van der Waals surface area (Å²) in [5.41, 5.74) is 6.20. The number of carbonyl (C=O) groups excluding carboxylic acids is 2. The number of halogens is 1. The summed E-state index contributed by atoms with van der Waals surface area (Å²) in [6.07, 6.45) is 4.09. The molecule has 20 heavy (non-hydrogen) atoms. The number of hydrogen-bond acceptors (Lipinski definition) is 3. The molecule has 2 heterocycles. The molecule has 1 aliphatic rings. The number of anilines is 1. The number of amides is 2. The maximum atomic E-state index is 12.4. The Hall–Kier alpha value is -1.60. The quantitative estimate of drug-likeness (QED) is 0.886. The summed E-state index contributed by atoms with van der Waals surface area (Å²) in [5, 5.41) is 4.98. The minimum absolute atomic E-state index is 0.229. The number of carbonyl (C=O) groups is 2. The molecule has 2 amide bonds. The lowest BCUT2D eigenvalue weighted by Crippen LogP contribution is -2.18. The second-order valence-electron chi connectivity index (χ2n) is 4.66. The van der Waals surface area contributed by atoms with Crippen LogP contribution in [0, 0.1) is 0 Å². The van der Waals surface area contributed by atoms with Gasteiger partial charge in [-0.15, -0.1) is 11.3 Å². The molecule has 0 aliphatic heterocycles. The number of nitrogens with zero attached hydrogens (tertiary/aromatic N) is 1. The Morgan fingerprint density at radius 1 is 1.45 bits per heavy atom. The molecule has 1 fully saturated rings. The Kier molecular flexibility index (Phi) is 3.39. The van der Waals surface area contributed by atoms with E-state index in [4.69, 9.17) is 5.73 Å². The minimum atomic E-state index is -0.541. The lowest BCUT2D eigenvalue weighted by Gasteiger charge is -2.08. The summed E-state index contributed by atoms with van der Waals surface area (Å²) in [7, 11) is 0. The van der Waals surface area contributed by atoms with E-state index in [-0.39, 0.29) is 5.91 Å². The number of rotatable bonds is 4. The standard InChI is InChI=1S/C13H12BrN3O2S/c14-7-5-10(17(6-7)8-1-2-8)12(19)16-13-9(11(15)18)3-4-20-13/h3-6,8H,1-2H2,(H2,15,18)(H,16,19). The fourth-order valence-corrected chi connectivity index (χ4v) is 3.27. The van der Waals surface area contributed by atoms with Crippen LogP contribution in [0.15, 0.2) is 28.2 Å². The minimum Gasteiger partial charge on any atom is -0.366 e. The third-order valence-corrected chi connectivity index (χ3v) is 4.41. The summed E-state index contributed by atoms with van der Waals surface area (Å²) in [5.74, 6) is -0.771. The maximum Gasteiger partial charge on any atom is 0.272 e. The average molecular weight is 354 g/mol. The van der Waals surface area contributed by atoms with Crippen LogP contribution in [-0.4, -0.2) is 16.4 Å². The monoisotopic (exact) mass is 353 g/mol. The van der Waals surface area contributed by atoms with Gasteiger partial charge in [0.15, 0.2) is 0 Å². The van der Waals surface area contributed by atoms with Crippen molar-refractivity contribution < 1.29 is 9.59 Å². The molecule has 104 valence electrons. The van der Waals surface area contributed by atoms with Crippen LogP contribution in [0.3, 0.4) is 0 Å². The predicted molar refractivity (Wildman–Crippen MR) is 81.2 cm³/mol. The first-order chi connectivity index (χ1) is 9.56. The molecule has 2 aromatic heterocycles. The average Bonchev–Trinajstić information content (AvgIpc) is 3.00. The molecule has 5 nitrogen and oxygen atoms in total. The molecule has 0 spiro atoms. The molecule has 0 unspecified atom stereocenters. The molecule has 3 rings (SSSR count). The van der Waals surface area contributed by atoms with Gasteiger partial charge in [-0.05, 0) is 46.3 Å². The van der Waals surface area contributed by atoms with Crippen LogP contribution in [0.4, 0.5) is 5.00 Å². The SMILES string of the molecule is NC(=O)c1ccsc1NC(=O)c1cc(Br)cn1C1CC1. The van der Waals surface area contributed by atoms with Crippen molar-refractivity contribution in [2.75, 3.05) is 5.32 Å². The van der Waals surface area contributed by atoms with Gasteiger partial charge in [-0.25, -0.2) is 0 Å². The Labute approximate surface area is 127 Å². The Morgan fingerprint density at radius 3 is 2.85 bits per heavy atom. The predicted octanol–water partition coefficient (Wildman–Crippen LogP) is 3.00. The van der Waals surface area contributed by atoms with Crippen LogP contribution < -0.4 is 11.1 Å². The highest BCUT2D eigenvalue weighted by Gasteiger charge is 2.28. The summed E-state index contributed by atoms with van der Waals surface area (Å²) in [4.78, 5) is 23.6. The zero-order valence-electron chi connectivity index (χ0n) is 10.4. The smallest absolute Gasteiger partial charge is 0.272 e. The van der Waals surface area contributed by atoms with Gasteiger partial charge in [0.2, 0.25) is 0 Å². The number of primary amides is 1. The molecule has 0 saturated heterocycles. The van der Waals surface area contributed by atoms with E-state index in [1.807, 2.05) is 10.8 Å². The van der Waals surface area contributed by atoms with Crippen molar-refractivity contribution >= 4 is 44.1 Å². The van der Waals surface area contributed by atoms with Crippen LogP contribution >= 0.6 is 27.3 Å². The van der Waals surface area contributed by atoms with Crippen LogP contribution in [0.1, 0.15) is 39.7 Å². The van der Waals surface area contributed by atoms with E-state index in [1.54, 1.807) is 17.5 Å². The molecule has 0 atom stereocenters. The summed E-state index contributed by atoms with van der Waals surface area (Å²) in [6.45, 7) is 0. The largest absolute Gasteiger partial charge is 0.366 e. The van der Waals surface area contributed by atoms with Gasteiger partial charge in [0.25, 0.3) is 11.8 Å². The Bertz CT molecular complexity index is 688. The summed E-state index contributed by atoms with van der Waals surface area (Å²) in [6, 6.07) is 3.80. The fourth-order valence-electron chi connectivity index (χ4n) is 2.05. The molecule has 1 saturated carbocycles.